The summed E-state index contributed by atoms with van der Waals surface area (Å²) in [6.07, 6.45) is 7.00. The molecule has 1 aliphatic carbocycles. The minimum Gasteiger partial charge on any atom is -0.474 e. The van der Waals surface area contributed by atoms with Crippen LogP contribution in [0, 0.1) is 0 Å². The Morgan fingerprint density at radius 1 is 1.32 bits per heavy atom. The summed E-state index contributed by atoms with van der Waals surface area (Å²) in [4.78, 5) is 10.8. The molecule has 1 aromatic heterocycles. The quantitative estimate of drug-likeness (QED) is 0.438. The molecule has 1 aromatic rings. The van der Waals surface area contributed by atoms with E-state index in [0.29, 0.717) is 24.5 Å². The lowest BCUT2D eigenvalue weighted by Gasteiger charge is -2.19. The van der Waals surface area contributed by atoms with Crippen LogP contribution in [0.15, 0.2) is 23.3 Å². The standard InChI is InChI=1S/C16H26N4O.HI/c1-3-20(4-2)16(17)19-12-13-9-10-15(18-11-13)21-14-7-5-6-8-14;/h9-11,14H,3-8,12H2,1-2H3,(H2,17,19);1H. The van der Waals surface area contributed by atoms with Gasteiger partial charge in [-0.2, -0.15) is 0 Å². The first-order chi connectivity index (χ1) is 10.2. The highest BCUT2D eigenvalue weighted by Crippen LogP contribution is 2.22. The molecule has 0 radical (unpaired) electrons. The van der Waals surface area contributed by atoms with Gasteiger partial charge in [0.2, 0.25) is 5.88 Å². The lowest BCUT2D eigenvalue weighted by atomic mass is 10.3. The van der Waals surface area contributed by atoms with Crippen molar-refractivity contribution >= 4 is 29.9 Å². The molecule has 6 heteroatoms. The smallest absolute Gasteiger partial charge is 0.213 e. The number of halogens is 1. The van der Waals surface area contributed by atoms with E-state index in [1.54, 1.807) is 0 Å². The summed E-state index contributed by atoms with van der Waals surface area (Å²) >= 11 is 0. The number of hydrogen-bond acceptors (Lipinski definition) is 3. The number of aliphatic imine (C=N–C) groups is 1. The Hall–Kier alpha value is -1.05. The van der Waals surface area contributed by atoms with Crippen molar-refractivity contribution in [2.45, 2.75) is 52.2 Å². The zero-order valence-electron chi connectivity index (χ0n) is 13.5. The number of ether oxygens (including phenoxy) is 1. The highest BCUT2D eigenvalue weighted by Gasteiger charge is 2.16. The van der Waals surface area contributed by atoms with E-state index in [-0.39, 0.29) is 24.0 Å². The van der Waals surface area contributed by atoms with Crippen molar-refractivity contribution in [1.29, 1.82) is 0 Å². The van der Waals surface area contributed by atoms with Gasteiger partial charge in [0.15, 0.2) is 5.96 Å². The number of rotatable bonds is 6. The molecule has 0 aromatic carbocycles. The number of hydrogen-bond donors (Lipinski definition) is 1. The lowest BCUT2D eigenvalue weighted by Crippen LogP contribution is -2.37. The predicted octanol–water partition coefficient (Wildman–Crippen LogP) is 3.18. The maximum absolute atomic E-state index is 5.96. The first-order valence-electron chi connectivity index (χ1n) is 7.89. The molecule has 0 unspecified atom stereocenters. The summed E-state index contributed by atoms with van der Waals surface area (Å²) in [6, 6.07) is 3.94. The van der Waals surface area contributed by atoms with Crippen molar-refractivity contribution < 1.29 is 4.74 Å². The summed E-state index contributed by atoms with van der Waals surface area (Å²) in [5.74, 6) is 1.30. The van der Waals surface area contributed by atoms with Crippen LogP contribution in [0.2, 0.25) is 0 Å². The van der Waals surface area contributed by atoms with Gasteiger partial charge in [0.25, 0.3) is 0 Å². The molecule has 1 heterocycles. The third-order valence-corrected chi connectivity index (χ3v) is 3.90. The van der Waals surface area contributed by atoms with E-state index >= 15 is 0 Å². The first-order valence-corrected chi connectivity index (χ1v) is 7.89. The topological polar surface area (TPSA) is 63.7 Å². The minimum absolute atomic E-state index is 0. The Morgan fingerprint density at radius 2 is 2.00 bits per heavy atom. The van der Waals surface area contributed by atoms with Crippen LogP contribution in [-0.2, 0) is 6.54 Å². The van der Waals surface area contributed by atoms with Gasteiger partial charge in [-0.1, -0.05) is 6.07 Å². The molecule has 1 aliphatic rings. The van der Waals surface area contributed by atoms with Crippen molar-refractivity contribution in [2.75, 3.05) is 13.1 Å². The highest BCUT2D eigenvalue weighted by molar-refractivity contribution is 14.0. The highest BCUT2D eigenvalue weighted by atomic mass is 127. The molecule has 2 rings (SSSR count). The number of aromatic nitrogens is 1. The van der Waals surface area contributed by atoms with Crippen LogP contribution in [-0.4, -0.2) is 35.0 Å². The third kappa shape index (κ3) is 5.62. The Labute approximate surface area is 150 Å². The number of nitrogens with two attached hydrogens (primary N) is 1. The first kappa shape index (κ1) is 19.0. The van der Waals surface area contributed by atoms with Gasteiger partial charge in [0.05, 0.1) is 6.54 Å². The molecule has 1 saturated carbocycles. The van der Waals surface area contributed by atoms with E-state index in [4.69, 9.17) is 10.5 Å². The zero-order valence-corrected chi connectivity index (χ0v) is 15.8. The van der Waals surface area contributed by atoms with Crippen molar-refractivity contribution in [3.05, 3.63) is 23.9 Å². The van der Waals surface area contributed by atoms with Crippen LogP contribution in [0.3, 0.4) is 0 Å². The van der Waals surface area contributed by atoms with E-state index in [2.05, 4.69) is 23.8 Å². The monoisotopic (exact) mass is 418 g/mol. The van der Waals surface area contributed by atoms with Gasteiger partial charge < -0.3 is 15.4 Å². The largest absolute Gasteiger partial charge is 0.474 e. The van der Waals surface area contributed by atoms with Crippen molar-refractivity contribution in [2.24, 2.45) is 10.7 Å². The number of pyridine rings is 1. The van der Waals surface area contributed by atoms with Crippen LogP contribution in [0.5, 0.6) is 5.88 Å². The molecule has 1 fully saturated rings. The van der Waals surface area contributed by atoms with Crippen molar-refractivity contribution in [3.63, 3.8) is 0 Å². The fourth-order valence-corrected chi connectivity index (χ4v) is 2.57. The minimum atomic E-state index is 0. The molecule has 2 N–H and O–H groups in total. The predicted molar refractivity (Wildman–Crippen MR) is 101 cm³/mol. The van der Waals surface area contributed by atoms with Gasteiger partial charge in [0, 0.05) is 25.4 Å². The molecule has 0 atom stereocenters. The van der Waals surface area contributed by atoms with Gasteiger partial charge >= 0.3 is 0 Å². The summed E-state index contributed by atoms with van der Waals surface area (Å²) in [6.45, 7) is 6.45. The average Bonchev–Trinajstić information content (AvgIpc) is 3.01. The Balaban J connectivity index is 0.00000242. The van der Waals surface area contributed by atoms with Crippen LogP contribution < -0.4 is 10.5 Å². The maximum Gasteiger partial charge on any atom is 0.213 e. The van der Waals surface area contributed by atoms with Gasteiger partial charge in [-0.05, 0) is 45.1 Å². The fourth-order valence-electron chi connectivity index (χ4n) is 2.57. The number of nitrogens with zero attached hydrogens (tertiary/aromatic N) is 3. The van der Waals surface area contributed by atoms with Crippen LogP contribution >= 0.6 is 24.0 Å². The summed E-state index contributed by atoms with van der Waals surface area (Å²) < 4.78 is 5.85. The molecule has 22 heavy (non-hydrogen) atoms. The van der Waals surface area contributed by atoms with E-state index in [9.17, 15) is 0 Å². The zero-order chi connectivity index (χ0) is 15.1. The fraction of sp³-hybridized carbons (Fsp3) is 0.625. The maximum atomic E-state index is 5.96. The Morgan fingerprint density at radius 3 is 2.55 bits per heavy atom. The van der Waals surface area contributed by atoms with Crippen LogP contribution in [0.4, 0.5) is 0 Å². The average molecular weight is 418 g/mol. The Kier molecular flexibility index (Phi) is 8.52. The second-order valence-corrected chi connectivity index (χ2v) is 5.38. The van der Waals surface area contributed by atoms with Crippen molar-refractivity contribution in [3.8, 4) is 5.88 Å². The molecule has 0 bridgehead atoms. The molecule has 0 spiro atoms. The van der Waals surface area contributed by atoms with Gasteiger partial charge in [-0.3, -0.25) is 0 Å². The summed E-state index contributed by atoms with van der Waals surface area (Å²) in [5, 5.41) is 0. The molecular formula is C16H27IN4O. The molecule has 0 amide bonds. The lowest BCUT2D eigenvalue weighted by molar-refractivity contribution is 0.201. The van der Waals surface area contributed by atoms with E-state index in [1.807, 2.05) is 23.2 Å². The van der Waals surface area contributed by atoms with E-state index in [0.717, 1.165) is 31.5 Å². The normalized spacial score (nSPS) is 15.5. The molecule has 124 valence electrons. The Bertz CT molecular complexity index is 454. The second kappa shape index (κ2) is 9.86. The van der Waals surface area contributed by atoms with Gasteiger partial charge in [-0.15, -0.1) is 24.0 Å². The van der Waals surface area contributed by atoms with Gasteiger partial charge in [0.1, 0.15) is 6.10 Å². The molecule has 0 saturated heterocycles. The van der Waals surface area contributed by atoms with Crippen molar-refractivity contribution in [1.82, 2.24) is 9.88 Å². The second-order valence-electron chi connectivity index (χ2n) is 5.38. The van der Waals surface area contributed by atoms with Crippen LogP contribution in [0.25, 0.3) is 0 Å². The third-order valence-electron chi connectivity index (χ3n) is 3.90. The van der Waals surface area contributed by atoms with Gasteiger partial charge in [-0.25, -0.2) is 9.98 Å². The van der Waals surface area contributed by atoms with Crippen LogP contribution in [0.1, 0.15) is 45.1 Å². The van der Waals surface area contributed by atoms with E-state index < -0.39 is 0 Å². The number of guanidine groups is 1. The molecule has 5 nitrogen and oxygen atoms in total. The SMILES string of the molecule is CCN(CC)C(N)=NCc1ccc(OC2CCCC2)nc1.I. The molecular weight excluding hydrogens is 391 g/mol. The summed E-state index contributed by atoms with van der Waals surface area (Å²) in [5.41, 5.74) is 7.00. The molecule has 0 aliphatic heterocycles. The summed E-state index contributed by atoms with van der Waals surface area (Å²) in [7, 11) is 0. The van der Waals surface area contributed by atoms with E-state index in [1.165, 1.54) is 12.8 Å².